The van der Waals surface area contributed by atoms with Gasteiger partial charge >= 0.3 is 5.97 Å². The van der Waals surface area contributed by atoms with Crippen molar-refractivity contribution >= 4 is 11.9 Å². The van der Waals surface area contributed by atoms with E-state index >= 15 is 0 Å². The summed E-state index contributed by atoms with van der Waals surface area (Å²) >= 11 is 0. The summed E-state index contributed by atoms with van der Waals surface area (Å²) in [5.41, 5.74) is 0.463. The Bertz CT molecular complexity index is 542. The fraction of sp³-hybridized carbons (Fsp3) is 0.500. The minimum Gasteiger partial charge on any atom is -0.479 e. The highest BCUT2D eigenvalue weighted by molar-refractivity contribution is 5.98. The lowest BCUT2D eigenvalue weighted by Crippen LogP contribution is -2.55. The Balaban J connectivity index is 1.71. The van der Waals surface area contributed by atoms with Crippen molar-refractivity contribution in [1.82, 2.24) is 5.32 Å². The summed E-state index contributed by atoms with van der Waals surface area (Å²) in [4.78, 5) is 23.6. The van der Waals surface area contributed by atoms with Crippen LogP contribution in [-0.2, 0) is 9.53 Å². The Labute approximate surface area is 123 Å². The van der Waals surface area contributed by atoms with E-state index in [1.807, 2.05) is 12.1 Å². The third-order valence-corrected chi connectivity index (χ3v) is 4.53. The van der Waals surface area contributed by atoms with Gasteiger partial charge in [-0.05, 0) is 36.5 Å². The first-order valence-corrected chi connectivity index (χ1v) is 7.34. The van der Waals surface area contributed by atoms with Crippen molar-refractivity contribution in [3.05, 3.63) is 35.4 Å². The molecule has 1 aromatic carbocycles. The van der Waals surface area contributed by atoms with Crippen LogP contribution < -0.4 is 5.32 Å². The van der Waals surface area contributed by atoms with Gasteiger partial charge in [0.05, 0.1) is 6.61 Å². The summed E-state index contributed by atoms with van der Waals surface area (Å²) in [5, 5.41) is 11.9. The molecule has 1 heterocycles. The van der Waals surface area contributed by atoms with Gasteiger partial charge in [0.2, 0.25) is 0 Å². The third kappa shape index (κ3) is 2.65. The lowest BCUT2D eigenvalue weighted by atomic mass is 9.80. The second kappa shape index (κ2) is 5.48. The topological polar surface area (TPSA) is 75.6 Å². The van der Waals surface area contributed by atoms with E-state index in [1.54, 1.807) is 12.1 Å². The zero-order valence-electron chi connectivity index (χ0n) is 11.8. The predicted octanol–water partition coefficient (Wildman–Crippen LogP) is 1.93. The minimum absolute atomic E-state index is 0.0221. The zero-order chi connectivity index (χ0) is 14.9. The maximum atomic E-state index is 12.2. The van der Waals surface area contributed by atoms with Gasteiger partial charge in [-0.3, -0.25) is 4.79 Å². The second-order valence-electron chi connectivity index (χ2n) is 5.89. The predicted molar refractivity (Wildman–Crippen MR) is 76.3 cm³/mol. The van der Waals surface area contributed by atoms with Crippen LogP contribution in [0.15, 0.2) is 24.3 Å². The van der Waals surface area contributed by atoms with Crippen LogP contribution in [0.3, 0.4) is 0 Å². The molecule has 2 aliphatic rings. The molecule has 112 valence electrons. The van der Waals surface area contributed by atoms with Gasteiger partial charge < -0.3 is 15.2 Å². The molecule has 0 radical (unpaired) electrons. The van der Waals surface area contributed by atoms with Crippen LogP contribution >= 0.6 is 0 Å². The van der Waals surface area contributed by atoms with E-state index in [4.69, 9.17) is 4.74 Å². The molecule has 3 rings (SSSR count). The summed E-state index contributed by atoms with van der Waals surface area (Å²) < 4.78 is 5.14. The van der Waals surface area contributed by atoms with Gasteiger partial charge in [0.25, 0.3) is 5.91 Å². The van der Waals surface area contributed by atoms with E-state index in [2.05, 4.69) is 5.32 Å². The first-order valence-electron chi connectivity index (χ1n) is 7.34. The van der Waals surface area contributed by atoms with Crippen LogP contribution in [-0.4, -0.2) is 35.7 Å². The van der Waals surface area contributed by atoms with E-state index in [0.717, 1.165) is 0 Å². The third-order valence-electron chi connectivity index (χ3n) is 4.53. The number of nitrogens with one attached hydrogen (secondary N) is 1. The van der Waals surface area contributed by atoms with Crippen LogP contribution in [0, 0.1) is 0 Å². The molecule has 1 aliphatic carbocycles. The van der Waals surface area contributed by atoms with E-state index < -0.39 is 11.5 Å². The fourth-order valence-corrected chi connectivity index (χ4v) is 2.82. The molecule has 1 aliphatic heterocycles. The van der Waals surface area contributed by atoms with Gasteiger partial charge in [-0.15, -0.1) is 0 Å². The number of amides is 1. The molecule has 1 saturated carbocycles. The van der Waals surface area contributed by atoms with Crippen molar-refractivity contribution in [3.8, 4) is 0 Å². The average molecular weight is 289 g/mol. The second-order valence-corrected chi connectivity index (χ2v) is 5.89. The molecule has 1 aromatic rings. The van der Waals surface area contributed by atoms with E-state index in [-0.39, 0.29) is 12.5 Å². The van der Waals surface area contributed by atoms with Crippen molar-refractivity contribution in [2.75, 3.05) is 13.2 Å². The maximum Gasteiger partial charge on any atom is 0.331 e. The molecule has 21 heavy (non-hydrogen) atoms. The zero-order valence-corrected chi connectivity index (χ0v) is 11.8. The molecule has 5 nitrogen and oxygen atoms in total. The average Bonchev–Trinajstić information content (AvgIpc) is 2.87. The number of aliphatic carboxylic acids is 1. The highest BCUT2D eigenvalue weighted by atomic mass is 16.5. The molecule has 1 saturated heterocycles. The Hall–Kier alpha value is -1.88. The molecule has 1 amide bonds. The SMILES string of the molecule is O=C(NC1(C(=O)O)CCOC1)c1ccc(C2CCC2)cc1. The van der Waals surface area contributed by atoms with Gasteiger partial charge in [0.1, 0.15) is 0 Å². The quantitative estimate of drug-likeness (QED) is 0.888. The molecule has 0 spiro atoms. The van der Waals surface area contributed by atoms with Crippen molar-refractivity contribution in [2.45, 2.75) is 37.1 Å². The summed E-state index contributed by atoms with van der Waals surface area (Å²) in [6, 6.07) is 7.48. The summed E-state index contributed by atoms with van der Waals surface area (Å²) in [7, 11) is 0. The van der Waals surface area contributed by atoms with Crippen LogP contribution in [0.1, 0.15) is 47.5 Å². The number of ether oxygens (including phenoxy) is 1. The molecule has 0 aromatic heterocycles. The van der Waals surface area contributed by atoms with Gasteiger partial charge in [0.15, 0.2) is 5.54 Å². The lowest BCUT2D eigenvalue weighted by molar-refractivity contribution is -0.144. The van der Waals surface area contributed by atoms with Crippen LogP contribution in [0.4, 0.5) is 0 Å². The lowest BCUT2D eigenvalue weighted by Gasteiger charge is -2.26. The number of carboxylic acids is 1. The Morgan fingerprint density at radius 3 is 2.43 bits per heavy atom. The van der Waals surface area contributed by atoms with E-state index in [0.29, 0.717) is 24.5 Å². The highest BCUT2D eigenvalue weighted by Gasteiger charge is 2.44. The first-order chi connectivity index (χ1) is 10.1. The number of carbonyl (C=O) groups is 2. The van der Waals surface area contributed by atoms with Gasteiger partial charge in [-0.1, -0.05) is 18.6 Å². The molecule has 1 atom stereocenters. The monoisotopic (exact) mass is 289 g/mol. The van der Waals surface area contributed by atoms with Crippen LogP contribution in [0.2, 0.25) is 0 Å². The number of hydrogen-bond acceptors (Lipinski definition) is 3. The van der Waals surface area contributed by atoms with Gasteiger partial charge in [-0.2, -0.15) is 0 Å². The van der Waals surface area contributed by atoms with Gasteiger partial charge in [-0.25, -0.2) is 4.79 Å². The van der Waals surface area contributed by atoms with Gasteiger partial charge in [0, 0.05) is 18.6 Å². The standard InChI is InChI=1S/C16H19NO4/c18-14(17-16(15(19)20)8-9-21-10-16)13-6-4-12(5-7-13)11-2-1-3-11/h4-7,11H,1-3,8-10H2,(H,17,18)(H,19,20). The molecule has 1 unspecified atom stereocenters. The molecule has 0 bridgehead atoms. The minimum atomic E-state index is -1.29. The smallest absolute Gasteiger partial charge is 0.331 e. The highest BCUT2D eigenvalue weighted by Crippen LogP contribution is 2.36. The normalized spacial score (nSPS) is 25.3. The number of rotatable bonds is 4. The van der Waals surface area contributed by atoms with Crippen molar-refractivity contribution in [1.29, 1.82) is 0 Å². The van der Waals surface area contributed by atoms with Crippen molar-refractivity contribution < 1.29 is 19.4 Å². The van der Waals surface area contributed by atoms with Crippen LogP contribution in [0.25, 0.3) is 0 Å². The largest absolute Gasteiger partial charge is 0.479 e. The summed E-state index contributed by atoms with van der Waals surface area (Å²) in [6.45, 7) is 0.376. The Morgan fingerprint density at radius 1 is 1.24 bits per heavy atom. The first kappa shape index (κ1) is 14.1. The molecular formula is C16H19NO4. The molecule has 2 fully saturated rings. The molecule has 2 N–H and O–H groups in total. The Morgan fingerprint density at radius 2 is 1.95 bits per heavy atom. The number of carbonyl (C=O) groups excluding carboxylic acids is 1. The van der Waals surface area contributed by atoms with Crippen molar-refractivity contribution in [3.63, 3.8) is 0 Å². The van der Waals surface area contributed by atoms with E-state index in [9.17, 15) is 14.7 Å². The molecule has 5 heteroatoms. The number of carboxylic acid groups (broad SMARTS) is 1. The number of hydrogen-bond donors (Lipinski definition) is 2. The van der Waals surface area contributed by atoms with E-state index in [1.165, 1.54) is 24.8 Å². The maximum absolute atomic E-state index is 12.2. The summed E-state index contributed by atoms with van der Waals surface area (Å²) in [5.74, 6) is -0.779. The Kier molecular flexibility index (Phi) is 3.68. The molecular weight excluding hydrogens is 270 g/mol. The van der Waals surface area contributed by atoms with Crippen molar-refractivity contribution in [2.24, 2.45) is 0 Å². The van der Waals surface area contributed by atoms with Crippen LogP contribution in [0.5, 0.6) is 0 Å². The fourth-order valence-electron chi connectivity index (χ4n) is 2.82. The number of benzene rings is 1. The summed E-state index contributed by atoms with van der Waals surface area (Å²) in [6.07, 6.45) is 4.00.